The highest BCUT2D eigenvalue weighted by atomic mass is 35.5. The molecule has 1 amide bonds. The second-order valence-corrected chi connectivity index (χ2v) is 5.32. The van der Waals surface area contributed by atoms with Gasteiger partial charge in [-0.2, -0.15) is 0 Å². The molecule has 1 N–H and O–H groups in total. The zero-order chi connectivity index (χ0) is 16.1. The van der Waals surface area contributed by atoms with Crippen molar-refractivity contribution < 1.29 is 14.3 Å². The summed E-state index contributed by atoms with van der Waals surface area (Å²) in [6.45, 7) is 1.97. The van der Waals surface area contributed by atoms with Crippen LogP contribution in [-0.2, 0) is 11.2 Å². The standard InChI is InChI=1S/C17H18ClNO3/c1-11-4-6-15(21-2)12(8-11)9-17(20)19-14-10-13(18)5-7-16(14)22-3/h4-8,10H,9H2,1-3H3,(H,19,20). The number of anilines is 1. The maximum atomic E-state index is 12.3. The normalized spacial score (nSPS) is 10.2. The minimum atomic E-state index is -0.163. The van der Waals surface area contributed by atoms with E-state index in [-0.39, 0.29) is 12.3 Å². The SMILES string of the molecule is COc1ccc(C)cc1CC(=O)Nc1cc(Cl)ccc1OC. The van der Waals surface area contributed by atoms with Crippen LogP contribution < -0.4 is 14.8 Å². The lowest BCUT2D eigenvalue weighted by Gasteiger charge is -2.12. The number of halogens is 1. The monoisotopic (exact) mass is 319 g/mol. The van der Waals surface area contributed by atoms with Gasteiger partial charge in [0.05, 0.1) is 26.3 Å². The molecule has 0 aliphatic carbocycles. The van der Waals surface area contributed by atoms with E-state index in [1.165, 1.54) is 0 Å². The van der Waals surface area contributed by atoms with Crippen LogP contribution >= 0.6 is 11.6 Å². The number of hydrogen-bond acceptors (Lipinski definition) is 3. The molecule has 0 aromatic heterocycles. The summed E-state index contributed by atoms with van der Waals surface area (Å²) in [4.78, 5) is 12.3. The van der Waals surface area contributed by atoms with Crippen LogP contribution in [-0.4, -0.2) is 20.1 Å². The molecule has 0 spiro atoms. The predicted molar refractivity (Wildman–Crippen MR) is 88.1 cm³/mol. The van der Waals surface area contributed by atoms with Crippen molar-refractivity contribution in [2.45, 2.75) is 13.3 Å². The fourth-order valence-electron chi connectivity index (χ4n) is 2.19. The summed E-state index contributed by atoms with van der Waals surface area (Å²) in [7, 11) is 3.13. The van der Waals surface area contributed by atoms with Crippen LogP contribution in [0.3, 0.4) is 0 Å². The molecule has 0 aliphatic heterocycles. The van der Waals surface area contributed by atoms with Gasteiger partial charge in [-0.1, -0.05) is 29.3 Å². The Kier molecular flexibility index (Phi) is 5.28. The highest BCUT2D eigenvalue weighted by Gasteiger charge is 2.12. The first-order valence-corrected chi connectivity index (χ1v) is 7.18. The van der Waals surface area contributed by atoms with Crippen LogP contribution in [0.2, 0.25) is 5.02 Å². The molecule has 0 fully saturated rings. The van der Waals surface area contributed by atoms with E-state index in [4.69, 9.17) is 21.1 Å². The van der Waals surface area contributed by atoms with Gasteiger partial charge in [-0.15, -0.1) is 0 Å². The highest BCUT2D eigenvalue weighted by Crippen LogP contribution is 2.28. The quantitative estimate of drug-likeness (QED) is 0.910. The topological polar surface area (TPSA) is 47.6 Å². The minimum absolute atomic E-state index is 0.163. The number of hydrogen-bond donors (Lipinski definition) is 1. The molecule has 0 radical (unpaired) electrons. The molecule has 5 heteroatoms. The van der Waals surface area contributed by atoms with Crippen LogP contribution in [0.5, 0.6) is 11.5 Å². The third kappa shape index (κ3) is 3.92. The molecule has 2 aromatic rings. The zero-order valence-electron chi connectivity index (χ0n) is 12.8. The molecule has 0 heterocycles. The third-order valence-electron chi connectivity index (χ3n) is 3.22. The minimum Gasteiger partial charge on any atom is -0.496 e. The number of aryl methyl sites for hydroxylation is 1. The van der Waals surface area contributed by atoms with Crippen molar-refractivity contribution in [2.75, 3.05) is 19.5 Å². The van der Waals surface area contributed by atoms with Crippen LogP contribution in [0.15, 0.2) is 36.4 Å². The van der Waals surface area contributed by atoms with Crippen LogP contribution in [0.25, 0.3) is 0 Å². The van der Waals surface area contributed by atoms with Crippen LogP contribution in [0.1, 0.15) is 11.1 Å². The van der Waals surface area contributed by atoms with Crippen molar-refractivity contribution >= 4 is 23.2 Å². The molecular formula is C17H18ClNO3. The molecule has 0 aliphatic rings. The first-order valence-electron chi connectivity index (χ1n) is 6.80. The fraction of sp³-hybridized carbons (Fsp3) is 0.235. The number of ether oxygens (including phenoxy) is 2. The van der Waals surface area contributed by atoms with Crippen molar-refractivity contribution in [2.24, 2.45) is 0 Å². The molecule has 0 bridgehead atoms. The second kappa shape index (κ2) is 7.18. The summed E-state index contributed by atoms with van der Waals surface area (Å²) >= 11 is 5.96. The molecule has 0 atom stereocenters. The Labute approximate surface area is 135 Å². The van der Waals surface area contributed by atoms with Crippen LogP contribution in [0.4, 0.5) is 5.69 Å². The summed E-state index contributed by atoms with van der Waals surface area (Å²) < 4.78 is 10.5. The van der Waals surface area contributed by atoms with Crippen molar-refractivity contribution in [1.29, 1.82) is 0 Å². The van der Waals surface area contributed by atoms with Crippen LogP contribution in [0, 0.1) is 6.92 Å². The van der Waals surface area contributed by atoms with E-state index in [0.717, 1.165) is 11.1 Å². The number of nitrogens with one attached hydrogen (secondary N) is 1. The molecule has 22 heavy (non-hydrogen) atoms. The van der Waals surface area contributed by atoms with Gasteiger partial charge < -0.3 is 14.8 Å². The van der Waals surface area contributed by atoms with E-state index in [1.807, 2.05) is 25.1 Å². The maximum absolute atomic E-state index is 12.3. The summed E-state index contributed by atoms with van der Waals surface area (Å²) in [5, 5.41) is 3.35. The van der Waals surface area contributed by atoms with E-state index in [9.17, 15) is 4.79 Å². The molecule has 0 unspecified atom stereocenters. The Morgan fingerprint density at radius 2 is 1.77 bits per heavy atom. The van der Waals surface area contributed by atoms with Crippen molar-refractivity contribution in [3.63, 3.8) is 0 Å². The Bertz CT molecular complexity index is 628. The summed E-state index contributed by atoms with van der Waals surface area (Å²) in [6.07, 6.45) is 0.209. The van der Waals surface area contributed by atoms with Gasteiger partial charge >= 0.3 is 0 Å². The van der Waals surface area contributed by atoms with Gasteiger partial charge in [0.15, 0.2) is 0 Å². The molecular weight excluding hydrogens is 302 g/mol. The van der Waals surface area contributed by atoms with Gasteiger partial charge in [0.25, 0.3) is 0 Å². The smallest absolute Gasteiger partial charge is 0.229 e. The number of benzene rings is 2. The van der Waals surface area contributed by atoms with Gasteiger partial charge in [-0.3, -0.25) is 4.79 Å². The number of methoxy groups -OCH3 is 2. The Morgan fingerprint density at radius 3 is 2.45 bits per heavy atom. The predicted octanol–water partition coefficient (Wildman–Crippen LogP) is 3.85. The lowest BCUT2D eigenvalue weighted by molar-refractivity contribution is -0.115. The number of rotatable bonds is 5. The summed E-state index contributed by atoms with van der Waals surface area (Å²) in [5.41, 5.74) is 2.46. The van der Waals surface area contributed by atoms with Gasteiger partial charge in [0.1, 0.15) is 11.5 Å². The lowest BCUT2D eigenvalue weighted by atomic mass is 10.1. The molecule has 2 rings (SSSR count). The highest BCUT2D eigenvalue weighted by molar-refractivity contribution is 6.31. The van der Waals surface area contributed by atoms with Crippen molar-refractivity contribution in [3.8, 4) is 11.5 Å². The van der Waals surface area contributed by atoms with Gasteiger partial charge in [-0.25, -0.2) is 0 Å². The number of carbonyl (C=O) groups excluding carboxylic acids is 1. The fourth-order valence-corrected chi connectivity index (χ4v) is 2.36. The number of amides is 1. The van der Waals surface area contributed by atoms with Gasteiger partial charge in [-0.05, 0) is 31.2 Å². The molecule has 116 valence electrons. The summed E-state index contributed by atoms with van der Waals surface area (Å²) in [6, 6.07) is 10.8. The average Bonchev–Trinajstić information content (AvgIpc) is 2.47. The van der Waals surface area contributed by atoms with Gasteiger partial charge in [0, 0.05) is 10.6 Å². The summed E-state index contributed by atoms with van der Waals surface area (Å²) in [5.74, 6) is 1.09. The molecule has 4 nitrogen and oxygen atoms in total. The van der Waals surface area contributed by atoms with Gasteiger partial charge in [0.2, 0.25) is 5.91 Å². The van der Waals surface area contributed by atoms with Crippen molar-refractivity contribution in [3.05, 3.63) is 52.5 Å². The Balaban J connectivity index is 2.17. The third-order valence-corrected chi connectivity index (χ3v) is 3.46. The number of carbonyl (C=O) groups is 1. The molecule has 0 saturated carbocycles. The van der Waals surface area contributed by atoms with Crippen molar-refractivity contribution in [1.82, 2.24) is 0 Å². The van der Waals surface area contributed by atoms with E-state index >= 15 is 0 Å². The molecule has 0 saturated heterocycles. The maximum Gasteiger partial charge on any atom is 0.229 e. The largest absolute Gasteiger partial charge is 0.496 e. The zero-order valence-corrected chi connectivity index (χ0v) is 13.5. The average molecular weight is 320 g/mol. The lowest BCUT2D eigenvalue weighted by Crippen LogP contribution is -2.15. The van der Waals surface area contributed by atoms with E-state index in [1.54, 1.807) is 32.4 Å². The Morgan fingerprint density at radius 1 is 1.09 bits per heavy atom. The molecule has 2 aromatic carbocycles. The van der Waals surface area contributed by atoms with E-state index in [2.05, 4.69) is 5.32 Å². The first kappa shape index (κ1) is 16.2. The van der Waals surface area contributed by atoms with E-state index < -0.39 is 0 Å². The Hall–Kier alpha value is -2.20. The van der Waals surface area contributed by atoms with E-state index in [0.29, 0.717) is 22.2 Å². The second-order valence-electron chi connectivity index (χ2n) is 4.88. The first-order chi connectivity index (χ1) is 10.5.